The third kappa shape index (κ3) is 3.56. The molecular weight excluding hydrogens is 236 g/mol. The van der Waals surface area contributed by atoms with Gasteiger partial charge in [0.15, 0.2) is 0 Å². The molecule has 3 heteroatoms. The Labute approximate surface area is 116 Å². The molecule has 3 N–H and O–H groups in total. The fourth-order valence-electron chi connectivity index (χ4n) is 2.96. The number of benzene rings is 1. The zero-order valence-electron chi connectivity index (χ0n) is 12.3. The highest BCUT2D eigenvalue weighted by atomic mass is 16.3. The van der Waals surface area contributed by atoms with Crippen LogP contribution in [0, 0.1) is 5.41 Å². The smallest absolute Gasteiger partial charge is 0.0758 e. The molecule has 2 rings (SSSR count). The zero-order chi connectivity index (χ0) is 14.1. The predicted molar refractivity (Wildman–Crippen MR) is 78.8 cm³/mol. The average molecular weight is 262 g/mol. The highest BCUT2D eigenvalue weighted by Crippen LogP contribution is 2.34. The topological polar surface area (TPSA) is 49.5 Å². The van der Waals surface area contributed by atoms with Gasteiger partial charge in [-0.25, -0.2) is 0 Å². The largest absolute Gasteiger partial charge is 0.389 e. The minimum absolute atomic E-state index is 0.0121. The Morgan fingerprint density at radius 3 is 2.53 bits per heavy atom. The molecule has 1 aromatic carbocycles. The molecule has 0 aromatic heterocycles. The Kier molecular flexibility index (Phi) is 4.00. The molecule has 0 bridgehead atoms. The molecule has 19 heavy (non-hydrogen) atoms. The summed E-state index contributed by atoms with van der Waals surface area (Å²) in [5.74, 6) is 0. The second kappa shape index (κ2) is 5.23. The van der Waals surface area contributed by atoms with E-state index in [1.165, 1.54) is 5.56 Å². The highest BCUT2D eigenvalue weighted by molar-refractivity contribution is 5.20. The van der Waals surface area contributed by atoms with Crippen LogP contribution < -0.4 is 5.73 Å². The van der Waals surface area contributed by atoms with E-state index in [1.807, 2.05) is 25.1 Å². The number of hydrogen-bond acceptors (Lipinski definition) is 3. The molecule has 0 saturated carbocycles. The number of aliphatic hydroxyl groups is 1. The van der Waals surface area contributed by atoms with Gasteiger partial charge in [0.2, 0.25) is 0 Å². The van der Waals surface area contributed by atoms with Crippen molar-refractivity contribution in [3.63, 3.8) is 0 Å². The van der Waals surface area contributed by atoms with Gasteiger partial charge in [0.05, 0.1) is 5.60 Å². The van der Waals surface area contributed by atoms with Crippen molar-refractivity contribution in [2.45, 2.75) is 38.8 Å². The number of nitrogens with two attached hydrogens (primary N) is 1. The van der Waals surface area contributed by atoms with Crippen LogP contribution in [0.1, 0.15) is 38.8 Å². The zero-order valence-corrected chi connectivity index (χ0v) is 12.3. The van der Waals surface area contributed by atoms with Crippen molar-refractivity contribution >= 4 is 0 Å². The molecule has 106 valence electrons. The van der Waals surface area contributed by atoms with Crippen molar-refractivity contribution in [2.24, 2.45) is 11.1 Å². The third-order valence-electron chi connectivity index (χ3n) is 4.16. The molecule has 0 radical (unpaired) electrons. The Hall–Kier alpha value is -0.900. The van der Waals surface area contributed by atoms with Crippen LogP contribution in [-0.2, 0) is 0 Å². The third-order valence-corrected chi connectivity index (χ3v) is 4.16. The van der Waals surface area contributed by atoms with Gasteiger partial charge in [0, 0.05) is 25.7 Å². The van der Waals surface area contributed by atoms with Crippen molar-refractivity contribution in [1.82, 2.24) is 4.90 Å². The normalized spacial score (nSPS) is 26.6. The van der Waals surface area contributed by atoms with Gasteiger partial charge in [-0.1, -0.05) is 44.2 Å². The number of nitrogens with zero attached hydrogens (tertiary/aromatic N) is 1. The number of hydrogen-bond donors (Lipinski definition) is 2. The van der Waals surface area contributed by atoms with Gasteiger partial charge in [0.1, 0.15) is 0 Å². The van der Waals surface area contributed by atoms with E-state index in [2.05, 4.69) is 30.9 Å². The van der Waals surface area contributed by atoms with Crippen LogP contribution >= 0.6 is 0 Å². The molecule has 0 amide bonds. The summed E-state index contributed by atoms with van der Waals surface area (Å²) in [5, 5.41) is 10.0. The van der Waals surface area contributed by atoms with Crippen LogP contribution in [0.4, 0.5) is 0 Å². The maximum atomic E-state index is 10.0. The summed E-state index contributed by atoms with van der Waals surface area (Å²) in [6, 6.07) is 10.3. The van der Waals surface area contributed by atoms with E-state index >= 15 is 0 Å². The maximum absolute atomic E-state index is 10.0. The molecule has 1 saturated heterocycles. The second-order valence-corrected chi connectivity index (χ2v) is 6.83. The fourth-order valence-corrected chi connectivity index (χ4v) is 2.96. The van der Waals surface area contributed by atoms with E-state index in [0.29, 0.717) is 0 Å². The SMILES string of the molecule is CC1(O)CCN(CC(C)(C)C(N)c2ccccc2)C1. The van der Waals surface area contributed by atoms with Gasteiger partial charge in [-0.05, 0) is 24.3 Å². The summed E-state index contributed by atoms with van der Waals surface area (Å²) in [7, 11) is 0. The first-order chi connectivity index (χ1) is 8.80. The van der Waals surface area contributed by atoms with Crippen LogP contribution in [0.15, 0.2) is 30.3 Å². The summed E-state index contributed by atoms with van der Waals surface area (Å²) >= 11 is 0. The summed E-state index contributed by atoms with van der Waals surface area (Å²) in [6.45, 7) is 8.95. The molecular formula is C16H26N2O. The van der Waals surface area contributed by atoms with E-state index in [1.54, 1.807) is 0 Å². The lowest BCUT2D eigenvalue weighted by Gasteiger charge is -2.36. The van der Waals surface area contributed by atoms with E-state index < -0.39 is 5.60 Å². The average Bonchev–Trinajstić information content (AvgIpc) is 2.68. The number of rotatable bonds is 4. The van der Waals surface area contributed by atoms with Gasteiger partial charge in [-0.15, -0.1) is 0 Å². The summed E-state index contributed by atoms with van der Waals surface area (Å²) < 4.78 is 0. The summed E-state index contributed by atoms with van der Waals surface area (Å²) in [5.41, 5.74) is 7.06. The summed E-state index contributed by atoms with van der Waals surface area (Å²) in [6.07, 6.45) is 0.851. The molecule has 1 aliphatic rings. The van der Waals surface area contributed by atoms with Crippen molar-refractivity contribution < 1.29 is 5.11 Å². The molecule has 0 aliphatic carbocycles. The lowest BCUT2D eigenvalue weighted by atomic mass is 9.80. The van der Waals surface area contributed by atoms with E-state index in [9.17, 15) is 5.11 Å². The summed E-state index contributed by atoms with van der Waals surface area (Å²) in [4.78, 5) is 2.32. The quantitative estimate of drug-likeness (QED) is 0.874. The molecule has 3 nitrogen and oxygen atoms in total. The van der Waals surface area contributed by atoms with Crippen molar-refractivity contribution in [3.05, 3.63) is 35.9 Å². The standard InChI is InChI=1S/C16H26N2O/c1-15(2,11-18-10-9-16(3,19)12-18)14(17)13-7-5-4-6-8-13/h4-8,14,19H,9-12,17H2,1-3H3. The molecule has 1 fully saturated rings. The van der Waals surface area contributed by atoms with Gasteiger partial charge in [-0.3, -0.25) is 4.90 Å². The minimum Gasteiger partial charge on any atom is -0.389 e. The molecule has 2 atom stereocenters. The van der Waals surface area contributed by atoms with Gasteiger partial charge < -0.3 is 10.8 Å². The van der Waals surface area contributed by atoms with Gasteiger partial charge in [0.25, 0.3) is 0 Å². The Morgan fingerprint density at radius 1 is 1.37 bits per heavy atom. The highest BCUT2D eigenvalue weighted by Gasteiger charge is 2.36. The molecule has 0 spiro atoms. The first kappa shape index (κ1) is 14.5. The van der Waals surface area contributed by atoms with Crippen LogP contribution in [-0.4, -0.2) is 35.2 Å². The molecule has 1 heterocycles. The van der Waals surface area contributed by atoms with Gasteiger partial charge >= 0.3 is 0 Å². The first-order valence-electron chi connectivity index (χ1n) is 7.05. The molecule has 2 unspecified atom stereocenters. The maximum Gasteiger partial charge on any atom is 0.0758 e. The van der Waals surface area contributed by atoms with Crippen molar-refractivity contribution in [2.75, 3.05) is 19.6 Å². The van der Waals surface area contributed by atoms with E-state index in [4.69, 9.17) is 5.73 Å². The Balaban J connectivity index is 2.02. The van der Waals surface area contributed by atoms with Crippen LogP contribution in [0.5, 0.6) is 0 Å². The van der Waals surface area contributed by atoms with Crippen molar-refractivity contribution in [1.29, 1.82) is 0 Å². The van der Waals surface area contributed by atoms with Crippen LogP contribution in [0.3, 0.4) is 0 Å². The Morgan fingerprint density at radius 2 is 2.00 bits per heavy atom. The van der Waals surface area contributed by atoms with E-state index in [-0.39, 0.29) is 11.5 Å². The van der Waals surface area contributed by atoms with Gasteiger partial charge in [-0.2, -0.15) is 0 Å². The fraction of sp³-hybridized carbons (Fsp3) is 0.625. The van der Waals surface area contributed by atoms with Crippen molar-refractivity contribution in [3.8, 4) is 0 Å². The lowest BCUT2D eigenvalue weighted by Crippen LogP contribution is -2.41. The Bertz CT molecular complexity index is 414. The number of likely N-dealkylation sites (tertiary alicyclic amines) is 1. The molecule has 1 aromatic rings. The van der Waals surface area contributed by atoms with Crippen LogP contribution in [0.25, 0.3) is 0 Å². The second-order valence-electron chi connectivity index (χ2n) is 6.83. The van der Waals surface area contributed by atoms with Crippen LogP contribution in [0.2, 0.25) is 0 Å². The molecule has 1 aliphatic heterocycles. The predicted octanol–water partition coefficient (Wildman–Crippen LogP) is 2.17. The lowest BCUT2D eigenvalue weighted by molar-refractivity contribution is 0.0611. The minimum atomic E-state index is -0.535. The number of β-amino-alcohol motifs (C(OH)–C–C–N with tert-alkyl or cyclic N) is 1. The van der Waals surface area contributed by atoms with E-state index in [0.717, 1.165) is 26.1 Å². The first-order valence-corrected chi connectivity index (χ1v) is 7.05. The monoisotopic (exact) mass is 262 g/mol.